The van der Waals surface area contributed by atoms with E-state index in [1.54, 1.807) is 24.3 Å². The van der Waals surface area contributed by atoms with Gasteiger partial charge in [-0.15, -0.1) is 0 Å². The first kappa shape index (κ1) is 22.5. The maximum Gasteiger partial charge on any atom is 0.309 e. The Morgan fingerprint density at radius 1 is 0.783 bits per heavy atom. The molecule has 0 aromatic heterocycles. The van der Waals surface area contributed by atoms with E-state index in [2.05, 4.69) is 6.92 Å². The van der Waals surface area contributed by atoms with Crippen molar-refractivity contribution in [2.75, 3.05) is 5.75 Å². The van der Waals surface area contributed by atoms with Crippen LogP contribution in [0.25, 0.3) is 0 Å². The van der Waals surface area contributed by atoms with Gasteiger partial charge in [0.1, 0.15) is 5.75 Å². The number of para-hydroxylation sites is 1. The SMILES string of the molecule is CCCCCCCCCCCCS(=O)(=O)Oc1ccccc1.[Fe]. The third-order valence-corrected chi connectivity index (χ3v) is 4.95. The second-order valence-electron chi connectivity index (χ2n) is 5.84. The number of benzene rings is 1. The van der Waals surface area contributed by atoms with E-state index in [9.17, 15) is 8.42 Å². The minimum Gasteiger partial charge on any atom is -0.382 e. The molecule has 0 fully saturated rings. The molecule has 0 aliphatic rings. The van der Waals surface area contributed by atoms with Crippen molar-refractivity contribution in [2.45, 2.75) is 71.1 Å². The van der Waals surface area contributed by atoms with Crippen LogP contribution in [0.1, 0.15) is 71.1 Å². The van der Waals surface area contributed by atoms with Gasteiger partial charge >= 0.3 is 10.1 Å². The van der Waals surface area contributed by atoms with Crippen LogP contribution in [0.2, 0.25) is 0 Å². The van der Waals surface area contributed by atoms with E-state index in [0.717, 1.165) is 12.8 Å². The predicted octanol–water partition coefficient (Wildman–Crippen LogP) is 5.31. The molecular formula is C18H30FeO3S. The van der Waals surface area contributed by atoms with Gasteiger partial charge in [0, 0.05) is 17.1 Å². The summed E-state index contributed by atoms with van der Waals surface area (Å²) >= 11 is 0. The van der Waals surface area contributed by atoms with Gasteiger partial charge in [0.05, 0.1) is 5.75 Å². The van der Waals surface area contributed by atoms with Crippen molar-refractivity contribution in [2.24, 2.45) is 0 Å². The summed E-state index contributed by atoms with van der Waals surface area (Å²) in [5.74, 6) is 0.507. The summed E-state index contributed by atoms with van der Waals surface area (Å²) in [5.41, 5.74) is 0. The summed E-state index contributed by atoms with van der Waals surface area (Å²) in [7, 11) is -3.44. The standard InChI is InChI=1S/C18H30O3S.Fe/c1-2-3-4-5-6-7-8-9-10-14-17-22(19,20)21-18-15-12-11-13-16-18;/h11-13,15-16H,2-10,14,17H2,1H3;. The molecule has 0 heterocycles. The zero-order chi connectivity index (χ0) is 16.1. The van der Waals surface area contributed by atoms with E-state index in [0.29, 0.717) is 12.2 Å². The number of unbranched alkanes of at least 4 members (excludes halogenated alkanes) is 9. The van der Waals surface area contributed by atoms with Gasteiger partial charge in [0.2, 0.25) is 0 Å². The molecule has 23 heavy (non-hydrogen) atoms. The smallest absolute Gasteiger partial charge is 0.309 e. The van der Waals surface area contributed by atoms with Gasteiger partial charge in [-0.1, -0.05) is 82.9 Å². The Balaban J connectivity index is 0.00000484. The van der Waals surface area contributed by atoms with E-state index in [-0.39, 0.29) is 22.8 Å². The van der Waals surface area contributed by atoms with E-state index < -0.39 is 10.1 Å². The molecule has 0 aliphatic heterocycles. The topological polar surface area (TPSA) is 43.4 Å². The molecule has 0 amide bonds. The van der Waals surface area contributed by atoms with Gasteiger partial charge in [-0.2, -0.15) is 8.42 Å². The summed E-state index contributed by atoms with van der Waals surface area (Å²) in [6, 6.07) is 8.70. The van der Waals surface area contributed by atoms with Gasteiger partial charge in [-0.3, -0.25) is 0 Å². The molecule has 0 N–H and O–H groups in total. The maximum atomic E-state index is 11.8. The average Bonchev–Trinajstić information content (AvgIpc) is 2.49. The molecule has 0 radical (unpaired) electrons. The molecule has 0 bridgehead atoms. The van der Waals surface area contributed by atoms with Crippen molar-refractivity contribution < 1.29 is 29.7 Å². The zero-order valence-corrected chi connectivity index (χ0v) is 16.1. The molecule has 0 spiro atoms. The fourth-order valence-corrected chi connectivity index (χ4v) is 3.48. The van der Waals surface area contributed by atoms with Crippen molar-refractivity contribution in [1.29, 1.82) is 0 Å². The van der Waals surface area contributed by atoms with E-state index in [1.165, 1.54) is 44.9 Å². The Bertz CT molecular complexity index is 474. The van der Waals surface area contributed by atoms with Crippen molar-refractivity contribution in [1.82, 2.24) is 0 Å². The van der Waals surface area contributed by atoms with E-state index >= 15 is 0 Å². The fraction of sp³-hybridized carbons (Fsp3) is 0.667. The molecule has 0 saturated heterocycles. The third kappa shape index (κ3) is 12.6. The van der Waals surface area contributed by atoms with Gasteiger partial charge in [-0.25, -0.2) is 0 Å². The van der Waals surface area contributed by atoms with Crippen LogP contribution in [0.15, 0.2) is 30.3 Å². The van der Waals surface area contributed by atoms with Crippen molar-refractivity contribution in [3.8, 4) is 5.75 Å². The minimum atomic E-state index is -3.44. The first-order chi connectivity index (χ1) is 10.6. The quantitative estimate of drug-likeness (QED) is 0.264. The largest absolute Gasteiger partial charge is 0.382 e. The van der Waals surface area contributed by atoms with Crippen LogP contribution in [-0.2, 0) is 27.2 Å². The van der Waals surface area contributed by atoms with E-state index in [4.69, 9.17) is 4.18 Å². The molecule has 0 unspecified atom stereocenters. The van der Waals surface area contributed by atoms with Crippen molar-refractivity contribution >= 4 is 10.1 Å². The number of hydrogen-bond donors (Lipinski definition) is 0. The van der Waals surface area contributed by atoms with Gasteiger partial charge < -0.3 is 4.18 Å². The second kappa shape index (κ2) is 13.9. The molecule has 0 atom stereocenters. The van der Waals surface area contributed by atoms with Crippen LogP contribution in [-0.4, -0.2) is 14.2 Å². The Hall–Kier alpha value is -0.511. The summed E-state index contributed by atoms with van der Waals surface area (Å²) in [4.78, 5) is 0. The Morgan fingerprint density at radius 2 is 1.26 bits per heavy atom. The first-order valence-electron chi connectivity index (χ1n) is 8.61. The molecule has 0 saturated carbocycles. The third-order valence-electron chi connectivity index (χ3n) is 3.71. The normalized spacial score (nSPS) is 11.0. The molecule has 134 valence electrons. The van der Waals surface area contributed by atoms with Crippen molar-refractivity contribution in [3.05, 3.63) is 30.3 Å². The first-order valence-corrected chi connectivity index (χ1v) is 10.2. The number of rotatable bonds is 13. The Morgan fingerprint density at radius 3 is 1.78 bits per heavy atom. The molecule has 5 heteroatoms. The molecule has 0 aliphatic carbocycles. The van der Waals surface area contributed by atoms with Crippen LogP contribution < -0.4 is 4.18 Å². The maximum absolute atomic E-state index is 11.8. The second-order valence-corrected chi connectivity index (χ2v) is 7.53. The average molecular weight is 382 g/mol. The van der Waals surface area contributed by atoms with Crippen LogP contribution >= 0.6 is 0 Å². The van der Waals surface area contributed by atoms with E-state index in [1.807, 2.05) is 6.07 Å². The monoisotopic (exact) mass is 382 g/mol. The molecule has 1 aromatic carbocycles. The predicted molar refractivity (Wildman–Crippen MR) is 92.7 cm³/mol. The van der Waals surface area contributed by atoms with Crippen molar-refractivity contribution in [3.63, 3.8) is 0 Å². The van der Waals surface area contributed by atoms with Gasteiger partial charge in [-0.05, 0) is 18.6 Å². The summed E-state index contributed by atoms with van der Waals surface area (Å²) < 4.78 is 28.7. The Labute approximate surface area is 152 Å². The summed E-state index contributed by atoms with van der Waals surface area (Å²) in [5, 5.41) is 0. The van der Waals surface area contributed by atoms with Crippen LogP contribution in [0.3, 0.4) is 0 Å². The van der Waals surface area contributed by atoms with Crippen LogP contribution in [0.5, 0.6) is 5.75 Å². The number of hydrogen-bond acceptors (Lipinski definition) is 3. The van der Waals surface area contributed by atoms with Crippen LogP contribution in [0, 0.1) is 0 Å². The Kier molecular flexibility index (Phi) is 13.6. The molecule has 1 rings (SSSR count). The molecular weight excluding hydrogens is 352 g/mol. The molecule has 1 aromatic rings. The van der Waals surface area contributed by atoms with Gasteiger partial charge in [0.25, 0.3) is 0 Å². The van der Waals surface area contributed by atoms with Gasteiger partial charge in [0.15, 0.2) is 0 Å². The zero-order valence-electron chi connectivity index (χ0n) is 14.2. The summed E-state index contributed by atoms with van der Waals surface area (Å²) in [6.45, 7) is 2.23. The summed E-state index contributed by atoms with van der Waals surface area (Å²) in [6.07, 6.45) is 11.9. The fourth-order valence-electron chi connectivity index (χ4n) is 2.43. The van der Waals surface area contributed by atoms with Crippen LogP contribution in [0.4, 0.5) is 0 Å². The molecule has 3 nitrogen and oxygen atoms in total. The minimum absolute atomic E-state index is 0.